The van der Waals surface area contributed by atoms with Crippen molar-refractivity contribution in [3.8, 4) is 22.6 Å². The van der Waals surface area contributed by atoms with E-state index in [2.05, 4.69) is 130 Å². The van der Waals surface area contributed by atoms with Crippen LogP contribution in [0.15, 0.2) is 134 Å². The molecular formula is C44H28N6O. The molecule has 5 aromatic heterocycles. The highest BCUT2D eigenvalue weighted by molar-refractivity contribution is 6.17. The molecule has 0 amide bonds. The number of nitrogens with zero attached hydrogens (tertiary/aromatic N) is 6. The Labute approximate surface area is 291 Å². The molecule has 0 atom stereocenters. The summed E-state index contributed by atoms with van der Waals surface area (Å²) in [5.74, 6) is 1.45. The number of aromatic nitrogens is 6. The average molecular weight is 657 g/mol. The van der Waals surface area contributed by atoms with E-state index in [1.807, 2.05) is 30.5 Å². The Bertz CT molecular complexity index is 3250. The third-order valence-corrected chi connectivity index (χ3v) is 10.3. The lowest BCUT2D eigenvalue weighted by Gasteiger charge is -2.17. The second-order valence-corrected chi connectivity index (χ2v) is 13.3. The molecule has 0 aliphatic rings. The highest BCUT2D eigenvalue weighted by Gasteiger charge is 2.20. The number of ether oxygens (including phenoxy) is 1. The standard InChI is InChI=1S/C44H28N6O/c1-25-9-7-10-26(2)40(25)32-12-8-11-31-29-19-17-27(21-33(29)43-47-36-13-3-5-15-38(36)49(43)41(31)32)51-28-18-20-30-34(22-28)44-48-37-14-4-6-16-39(37)50(44)42-35(30)23-45-24-46-42/h3-24H,1-2H3. The van der Waals surface area contributed by atoms with Gasteiger partial charge in [-0.25, -0.2) is 19.9 Å². The van der Waals surface area contributed by atoms with Crippen molar-refractivity contribution in [2.45, 2.75) is 13.8 Å². The quantitative estimate of drug-likeness (QED) is 0.177. The Hall–Kier alpha value is -6.86. The van der Waals surface area contributed by atoms with Gasteiger partial charge in [0, 0.05) is 33.3 Å². The molecule has 0 unspecified atom stereocenters. The fourth-order valence-corrected chi connectivity index (χ4v) is 8.14. The first kappa shape index (κ1) is 28.0. The van der Waals surface area contributed by atoms with Gasteiger partial charge in [-0.05, 0) is 102 Å². The minimum absolute atomic E-state index is 0.717. The number of imidazole rings is 2. The highest BCUT2D eigenvalue weighted by atomic mass is 16.5. The zero-order valence-corrected chi connectivity index (χ0v) is 27.8. The van der Waals surface area contributed by atoms with E-state index in [0.29, 0.717) is 0 Å². The molecule has 0 aliphatic heterocycles. The van der Waals surface area contributed by atoms with E-state index in [-0.39, 0.29) is 0 Å². The van der Waals surface area contributed by atoms with Crippen LogP contribution in [0.2, 0.25) is 0 Å². The molecule has 0 aliphatic carbocycles. The van der Waals surface area contributed by atoms with Crippen molar-refractivity contribution in [3.63, 3.8) is 0 Å². The Morgan fingerprint density at radius 3 is 1.82 bits per heavy atom. The summed E-state index contributed by atoms with van der Waals surface area (Å²) >= 11 is 0. The van der Waals surface area contributed by atoms with Crippen LogP contribution in [0.25, 0.3) is 88.0 Å². The topological polar surface area (TPSA) is 69.6 Å². The van der Waals surface area contributed by atoms with Crippen LogP contribution in [0.4, 0.5) is 0 Å². The molecule has 51 heavy (non-hydrogen) atoms. The van der Waals surface area contributed by atoms with Crippen LogP contribution in [0.1, 0.15) is 11.1 Å². The lowest BCUT2D eigenvalue weighted by Crippen LogP contribution is -1.97. The van der Waals surface area contributed by atoms with E-state index < -0.39 is 0 Å². The fraction of sp³-hybridized carbons (Fsp3) is 0.0455. The van der Waals surface area contributed by atoms with Gasteiger partial charge in [-0.15, -0.1) is 0 Å². The molecule has 0 bridgehead atoms. The minimum Gasteiger partial charge on any atom is -0.457 e. The molecule has 0 spiro atoms. The maximum absolute atomic E-state index is 6.68. The van der Waals surface area contributed by atoms with Crippen molar-refractivity contribution in [2.24, 2.45) is 0 Å². The number of pyridine rings is 2. The molecule has 5 heterocycles. The normalized spacial score (nSPS) is 12.1. The van der Waals surface area contributed by atoms with E-state index >= 15 is 0 Å². The maximum atomic E-state index is 6.68. The van der Waals surface area contributed by atoms with Gasteiger partial charge < -0.3 is 4.74 Å². The number of para-hydroxylation sites is 5. The van der Waals surface area contributed by atoms with E-state index in [0.717, 1.165) is 83.0 Å². The fourth-order valence-electron chi connectivity index (χ4n) is 8.14. The Balaban J connectivity index is 1.14. The SMILES string of the molecule is Cc1cccc(C)c1-c1cccc2c3ccc(Oc4ccc5c6cncnc6n6c7ccccc7nc6c5c4)cc3c3nc4ccccc4n3c12. The summed E-state index contributed by atoms with van der Waals surface area (Å²) in [6.45, 7) is 4.38. The highest BCUT2D eigenvalue weighted by Crippen LogP contribution is 2.41. The molecule has 0 saturated heterocycles. The summed E-state index contributed by atoms with van der Waals surface area (Å²) in [6.07, 6.45) is 3.46. The van der Waals surface area contributed by atoms with Crippen LogP contribution in [0.5, 0.6) is 11.5 Å². The third kappa shape index (κ3) is 3.94. The van der Waals surface area contributed by atoms with Crippen molar-refractivity contribution in [1.29, 1.82) is 0 Å². The van der Waals surface area contributed by atoms with Crippen LogP contribution >= 0.6 is 0 Å². The zero-order valence-electron chi connectivity index (χ0n) is 27.8. The van der Waals surface area contributed by atoms with Crippen molar-refractivity contribution < 1.29 is 4.74 Å². The van der Waals surface area contributed by atoms with Crippen LogP contribution in [0, 0.1) is 13.8 Å². The third-order valence-electron chi connectivity index (χ3n) is 10.3. The number of hydrogen-bond acceptors (Lipinski definition) is 5. The van der Waals surface area contributed by atoms with Crippen molar-refractivity contribution in [3.05, 3.63) is 145 Å². The molecule has 6 aromatic carbocycles. The summed E-state index contributed by atoms with van der Waals surface area (Å²) in [4.78, 5) is 19.3. The lowest BCUT2D eigenvalue weighted by atomic mass is 9.92. The molecule has 0 saturated carbocycles. The number of aryl methyl sites for hydroxylation is 2. The molecule has 0 fully saturated rings. The Kier molecular flexibility index (Phi) is 5.67. The number of hydrogen-bond donors (Lipinski definition) is 0. The van der Waals surface area contributed by atoms with Gasteiger partial charge in [0.15, 0.2) is 0 Å². The Morgan fingerprint density at radius 1 is 0.510 bits per heavy atom. The predicted octanol–water partition coefficient (Wildman–Crippen LogP) is 10.8. The second-order valence-electron chi connectivity index (χ2n) is 13.3. The monoisotopic (exact) mass is 656 g/mol. The molecule has 0 radical (unpaired) electrons. The summed E-state index contributed by atoms with van der Waals surface area (Å²) < 4.78 is 11.1. The van der Waals surface area contributed by atoms with E-state index in [9.17, 15) is 0 Å². The van der Waals surface area contributed by atoms with Gasteiger partial charge in [0.25, 0.3) is 0 Å². The average Bonchev–Trinajstić information content (AvgIpc) is 3.75. The molecule has 7 heteroatoms. The smallest absolute Gasteiger partial charge is 0.150 e. The molecule has 7 nitrogen and oxygen atoms in total. The molecule has 240 valence electrons. The number of fused-ring (bicyclic) bond motifs is 16. The van der Waals surface area contributed by atoms with Gasteiger partial charge in [0.2, 0.25) is 0 Å². The van der Waals surface area contributed by atoms with Gasteiger partial charge in [0.05, 0.1) is 27.6 Å². The van der Waals surface area contributed by atoms with Gasteiger partial charge in [-0.2, -0.15) is 0 Å². The molecule has 11 aromatic rings. The largest absolute Gasteiger partial charge is 0.457 e. The van der Waals surface area contributed by atoms with Crippen molar-refractivity contribution in [2.75, 3.05) is 0 Å². The van der Waals surface area contributed by atoms with Gasteiger partial charge in [-0.3, -0.25) is 8.80 Å². The first-order chi connectivity index (χ1) is 25.1. The van der Waals surface area contributed by atoms with Crippen molar-refractivity contribution in [1.82, 2.24) is 28.7 Å². The Morgan fingerprint density at radius 2 is 1.12 bits per heavy atom. The maximum Gasteiger partial charge on any atom is 0.150 e. The van der Waals surface area contributed by atoms with E-state index in [1.165, 1.54) is 27.6 Å². The minimum atomic E-state index is 0.717. The second kappa shape index (κ2) is 10.3. The van der Waals surface area contributed by atoms with Gasteiger partial charge in [-0.1, -0.05) is 60.7 Å². The molecular weight excluding hydrogens is 629 g/mol. The van der Waals surface area contributed by atoms with Gasteiger partial charge >= 0.3 is 0 Å². The predicted molar refractivity (Wildman–Crippen MR) is 206 cm³/mol. The summed E-state index contributed by atoms with van der Waals surface area (Å²) in [5.41, 5.74) is 12.6. The lowest BCUT2D eigenvalue weighted by molar-refractivity contribution is 0.484. The molecule has 11 rings (SSSR count). The van der Waals surface area contributed by atoms with Crippen molar-refractivity contribution >= 4 is 76.8 Å². The zero-order chi connectivity index (χ0) is 33.8. The summed E-state index contributed by atoms with van der Waals surface area (Å²) in [5, 5.41) is 6.28. The first-order valence-corrected chi connectivity index (χ1v) is 17.0. The van der Waals surface area contributed by atoms with E-state index in [1.54, 1.807) is 6.33 Å². The van der Waals surface area contributed by atoms with Crippen LogP contribution in [0.3, 0.4) is 0 Å². The van der Waals surface area contributed by atoms with Gasteiger partial charge in [0.1, 0.15) is 34.8 Å². The van der Waals surface area contributed by atoms with Crippen LogP contribution in [-0.2, 0) is 0 Å². The summed E-state index contributed by atoms with van der Waals surface area (Å²) in [7, 11) is 0. The van der Waals surface area contributed by atoms with E-state index in [4.69, 9.17) is 14.7 Å². The number of rotatable bonds is 3. The molecule has 0 N–H and O–H groups in total. The first-order valence-electron chi connectivity index (χ1n) is 17.0. The van der Waals surface area contributed by atoms with Crippen LogP contribution in [-0.4, -0.2) is 28.7 Å². The van der Waals surface area contributed by atoms with Crippen LogP contribution < -0.4 is 4.74 Å². The summed E-state index contributed by atoms with van der Waals surface area (Å²) in [6, 6.07) is 42.2. The number of benzene rings is 6.